The van der Waals surface area contributed by atoms with Crippen molar-refractivity contribution < 1.29 is 10.0 Å². The molecule has 4 nitrogen and oxygen atoms in total. The number of rotatable bonds is 3. The quantitative estimate of drug-likeness (QED) is 0.561. The molecule has 1 heterocycles. The maximum absolute atomic E-state index is 11.7. The van der Waals surface area contributed by atoms with E-state index >= 15 is 0 Å². The molecule has 1 aliphatic carbocycles. The zero-order valence-electron chi connectivity index (χ0n) is 15.6. The Morgan fingerprint density at radius 2 is 1.78 bits per heavy atom. The highest BCUT2D eigenvalue weighted by Gasteiger charge is 2.43. The zero-order chi connectivity index (χ0) is 19.0. The van der Waals surface area contributed by atoms with Crippen molar-refractivity contribution in [2.45, 2.75) is 50.9 Å². The summed E-state index contributed by atoms with van der Waals surface area (Å²) in [6, 6.07) is 12.7. The van der Waals surface area contributed by atoms with Crippen molar-refractivity contribution in [3.63, 3.8) is 0 Å². The van der Waals surface area contributed by atoms with Gasteiger partial charge in [-0.3, -0.25) is 10.0 Å². The Balaban J connectivity index is 1.90. The first-order chi connectivity index (χ1) is 13.0. The topological polar surface area (TPSA) is 52.6 Å². The van der Waals surface area contributed by atoms with Crippen LogP contribution in [-0.4, -0.2) is 17.7 Å². The molecule has 2 aromatic carbocycles. The third kappa shape index (κ3) is 3.11. The van der Waals surface area contributed by atoms with Gasteiger partial charge in [0, 0.05) is 34.8 Å². The monoisotopic (exact) mass is 384 g/mol. The highest BCUT2D eigenvalue weighted by atomic mass is 35.5. The van der Waals surface area contributed by atoms with Crippen LogP contribution in [0.4, 0.5) is 11.4 Å². The van der Waals surface area contributed by atoms with E-state index in [0.717, 1.165) is 23.6 Å². The predicted molar refractivity (Wildman–Crippen MR) is 108 cm³/mol. The van der Waals surface area contributed by atoms with E-state index in [1.54, 1.807) is 5.48 Å². The lowest BCUT2D eigenvalue weighted by Gasteiger charge is -2.48. The molecule has 1 amide bonds. The molecular weight excluding hydrogens is 360 g/mol. The number of hydroxylamine groups is 1. The van der Waals surface area contributed by atoms with E-state index in [1.807, 2.05) is 6.07 Å². The number of nitrogens with one attached hydrogen (secondary N) is 1. The number of benzene rings is 2. The molecule has 2 N–H and O–H groups in total. The van der Waals surface area contributed by atoms with E-state index in [-0.39, 0.29) is 17.7 Å². The molecular formula is C22H25ClN2O2. The second kappa shape index (κ2) is 7.17. The first-order valence-electron chi connectivity index (χ1n) is 9.67. The van der Waals surface area contributed by atoms with Crippen LogP contribution >= 0.6 is 11.6 Å². The molecule has 4 rings (SSSR count). The van der Waals surface area contributed by atoms with E-state index in [2.05, 4.69) is 42.2 Å². The average molecular weight is 385 g/mol. The molecule has 0 radical (unpaired) electrons. The summed E-state index contributed by atoms with van der Waals surface area (Å²) in [4.78, 5) is 13.9. The number of carbonyl (C=O) groups excluding carboxylic acids is 1. The Hall–Kier alpha value is -2.04. The Morgan fingerprint density at radius 1 is 1.11 bits per heavy atom. The normalized spacial score (nSPS) is 17.4. The molecule has 5 heteroatoms. The van der Waals surface area contributed by atoms with Gasteiger partial charge in [-0.2, -0.15) is 0 Å². The molecule has 1 fully saturated rings. The van der Waals surface area contributed by atoms with Gasteiger partial charge in [-0.15, -0.1) is 0 Å². The van der Waals surface area contributed by atoms with Crippen molar-refractivity contribution in [1.82, 2.24) is 5.48 Å². The van der Waals surface area contributed by atoms with Gasteiger partial charge >= 0.3 is 0 Å². The minimum Gasteiger partial charge on any atom is -0.340 e. The summed E-state index contributed by atoms with van der Waals surface area (Å²) in [7, 11) is 0. The maximum Gasteiger partial charge on any atom is 0.245 e. The Labute approximate surface area is 165 Å². The maximum atomic E-state index is 11.7. The number of hydrogen-bond acceptors (Lipinski definition) is 3. The summed E-state index contributed by atoms with van der Waals surface area (Å²) >= 11 is 6.42. The van der Waals surface area contributed by atoms with Crippen molar-refractivity contribution in [2.75, 3.05) is 11.4 Å². The summed E-state index contributed by atoms with van der Waals surface area (Å²) in [5.41, 5.74) is 7.91. The van der Waals surface area contributed by atoms with Crippen molar-refractivity contribution in [3.8, 4) is 0 Å². The fraction of sp³-hybridized carbons (Fsp3) is 0.409. The first kappa shape index (κ1) is 18.3. The summed E-state index contributed by atoms with van der Waals surface area (Å²) in [5.74, 6) is -0.378. The predicted octanol–water partition coefficient (Wildman–Crippen LogP) is 5.25. The molecule has 0 bridgehead atoms. The fourth-order valence-corrected chi connectivity index (χ4v) is 5.05. The molecule has 0 atom stereocenters. The number of hydrogen-bond donors (Lipinski definition) is 2. The molecule has 0 aromatic heterocycles. The average Bonchev–Trinajstić information content (AvgIpc) is 2.69. The number of halogens is 1. The third-order valence-electron chi connectivity index (χ3n) is 6.12. The molecule has 0 unspecified atom stereocenters. The molecule has 27 heavy (non-hydrogen) atoms. The van der Waals surface area contributed by atoms with Crippen LogP contribution < -0.4 is 10.4 Å². The number of nitrogens with zero attached hydrogens (tertiary/aromatic N) is 1. The largest absolute Gasteiger partial charge is 0.340 e. The Kier molecular flexibility index (Phi) is 4.87. The molecule has 1 saturated carbocycles. The number of carbonyl (C=O) groups is 1. The van der Waals surface area contributed by atoms with Gasteiger partial charge in [0.1, 0.15) is 0 Å². The lowest BCUT2D eigenvalue weighted by atomic mass is 9.62. The standard InChI is InChI=1S/C22H25ClN2O2/c1-15-5-7-19-17(13-15)22(10-3-2-4-11-22)18-14-16(23)6-8-20(18)25(19)12-9-21(26)24-27/h5-8,13-14,27H,2-4,9-12H2,1H3,(H,24,26). The van der Waals surface area contributed by atoms with Crippen molar-refractivity contribution in [1.29, 1.82) is 0 Å². The van der Waals surface area contributed by atoms with Gasteiger partial charge < -0.3 is 4.90 Å². The van der Waals surface area contributed by atoms with Crippen molar-refractivity contribution in [3.05, 3.63) is 58.1 Å². The molecule has 0 saturated heterocycles. The van der Waals surface area contributed by atoms with Gasteiger partial charge in [-0.25, -0.2) is 5.48 Å². The Morgan fingerprint density at radius 3 is 2.48 bits per heavy atom. The van der Waals surface area contributed by atoms with Crippen LogP contribution in [0.15, 0.2) is 36.4 Å². The fourth-order valence-electron chi connectivity index (χ4n) is 4.87. The van der Waals surface area contributed by atoms with Gasteiger partial charge in [0.25, 0.3) is 0 Å². The van der Waals surface area contributed by atoms with Gasteiger partial charge in [0.2, 0.25) is 5.91 Å². The minimum atomic E-state index is -0.378. The van der Waals surface area contributed by atoms with Crippen LogP contribution in [0.5, 0.6) is 0 Å². The lowest BCUT2D eigenvalue weighted by Crippen LogP contribution is -2.39. The number of amides is 1. The SMILES string of the molecule is Cc1ccc2c(c1)C1(CCCCC1)c1cc(Cl)ccc1N2CCC(=O)NO. The highest BCUT2D eigenvalue weighted by Crippen LogP contribution is 2.56. The minimum absolute atomic E-state index is 0.00439. The lowest BCUT2D eigenvalue weighted by molar-refractivity contribution is -0.128. The van der Waals surface area contributed by atoms with Gasteiger partial charge in [-0.05, 0) is 55.2 Å². The molecule has 1 spiro atoms. The van der Waals surface area contributed by atoms with Crippen LogP contribution in [-0.2, 0) is 10.2 Å². The van der Waals surface area contributed by atoms with Gasteiger partial charge in [0.15, 0.2) is 0 Å². The van der Waals surface area contributed by atoms with E-state index < -0.39 is 0 Å². The zero-order valence-corrected chi connectivity index (χ0v) is 16.4. The van der Waals surface area contributed by atoms with Gasteiger partial charge in [0.05, 0.1) is 0 Å². The summed E-state index contributed by atoms with van der Waals surface area (Å²) < 4.78 is 0. The van der Waals surface area contributed by atoms with Crippen LogP contribution in [0.25, 0.3) is 0 Å². The van der Waals surface area contributed by atoms with Crippen LogP contribution in [0.3, 0.4) is 0 Å². The van der Waals surface area contributed by atoms with Crippen LogP contribution in [0.2, 0.25) is 5.02 Å². The summed E-state index contributed by atoms with van der Waals surface area (Å²) in [5, 5.41) is 9.64. The molecule has 142 valence electrons. The van der Waals surface area contributed by atoms with E-state index in [1.165, 1.54) is 41.6 Å². The summed E-state index contributed by atoms with van der Waals surface area (Å²) in [6.07, 6.45) is 6.18. The second-order valence-electron chi connectivity index (χ2n) is 7.76. The third-order valence-corrected chi connectivity index (χ3v) is 6.35. The number of fused-ring (bicyclic) bond motifs is 4. The van der Waals surface area contributed by atoms with E-state index in [4.69, 9.17) is 16.8 Å². The summed E-state index contributed by atoms with van der Waals surface area (Å²) in [6.45, 7) is 2.64. The van der Waals surface area contributed by atoms with Gasteiger partial charge in [-0.1, -0.05) is 48.6 Å². The van der Waals surface area contributed by atoms with Crippen LogP contribution in [0.1, 0.15) is 55.2 Å². The molecule has 2 aliphatic rings. The second-order valence-corrected chi connectivity index (χ2v) is 8.20. The highest BCUT2D eigenvalue weighted by molar-refractivity contribution is 6.30. The number of anilines is 2. The van der Waals surface area contributed by atoms with Crippen molar-refractivity contribution >= 4 is 28.9 Å². The first-order valence-corrected chi connectivity index (χ1v) is 10.0. The molecule has 1 aliphatic heterocycles. The van der Waals surface area contributed by atoms with Crippen LogP contribution in [0, 0.1) is 6.92 Å². The van der Waals surface area contributed by atoms with Crippen molar-refractivity contribution in [2.24, 2.45) is 0 Å². The smallest absolute Gasteiger partial charge is 0.245 e. The Bertz CT molecular complexity index is 819. The molecule has 2 aromatic rings. The number of aryl methyl sites for hydroxylation is 1. The van der Waals surface area contributed by atoms with E-state index in [9.17, 15) is 4.79 Å². The van der Waals surface area contributed by atoms with E-state index in [0.29, 0.717) is 6.54 Å².